The molecule has 0 saturated carbocycles. The molecule has 0 unspecified atom stereocenters. The number of hydrogen-bond acceptors (Lipinski definition) is 2. The van der Waals surface area contributed by atoms with Crippen LogP contribution in [0, 0.1) is 0 Å². The molecule has 6 heteroatoms. The summed E-state index contributed by atoms with van der Waals surface area (Å²) in [6, 6.07) is 0. The second-order valence-electron chi connectivity index (χ2n) is 2.01. The van der Waals surface area contributed by atoms with Crippen molar-refractivity contribution < 1.29 is 0 Å². The third kappa shape index (κ3) is 1.70. The van der Waals surface area contributed by atoms with E-state index in [1.807, 2.05) is 16.8 Å². The number of halogens is 3. The lowest BCUT2D eigenvalue weighted by atomic mass is 10.7. The Hall–Kier alpha value is 0.0600. The van der Waals surface area contributed by atoms with E-state index in [2.05, 4.69) is 41.8 Å². The standard InChI is InChI=1S/C6H3Br2N3.BrH/c7-4-3-11-2-1-9-6(11)5(8)10-4;/h1-3H;1H. The summed E-state index contributed by atoms with van der Waals surface area (Å²) in [4.78, 5) is 8.22. The van der Waals surface area contributed by atoms with E-state index in [1.54, 1.807) is 6.20 Å². The number of nitrogens with zero attached hydrogens (tertiary/aromatic N) is 3. The highest BCUT2D eigenvalue weighted by Crippen LogP contribution is 2.16. The van der Waals surface area contributed by atoms with E-state index in [0.717, 1.165) is 14.9 Å². The molecule has 0 radical (unpaired) electrons. The van der Waals surface area contributed by atoms with E-state index in [1.165, 1.54) is 0 Å². The average Bonchev–Trinajstić information content (AvgIpc) is 2.34. The SMILES string of the molecule is Br.Brc1cn2ccnc2c(Br)n1. The van der Waals surface area contributed by atoms with Gasteiger partial charge < -0.3 is 4.40 Å². The van der Waals surface area contributed by atoms with Crippen molar-refractivity contribution >= 4 is 54.5 Å². The van der Waals surface area contributed by atoms with Crippen LogP contribution in [-0.2, 0) is 0 Å². The molecule has 2 aromatic heterocycles. The van der Waals surface area contributed by atoms with Crippen LogP contribution in [0.5, 0.6) is 0 Å². The van der Waals surface area contributed by atoms with Gasteiger partial charge in [-0.25, -0.2) is 9.97 Å². The highest BCUT2D eigenvalue weighted by atomic mass is 79.9. The van der Waals surface area contributed by atoms with Crippen molar-refractivity contribution in [3.05, 3.63) is 27.8 Å². The maximum absolute atomic E-state index is 4.12. The fourth-order valence-corrected chi connectivity index (χ4v) is 2.00. The van der Waals surface area contributed by atoms with Crippen LogP contribution < -0.4 is 0 Å². The van der Waals surface area contributed by atoms with Crippen molar-refractivity contribution in [3.63, 3.8) is 0 Å². The van der Waals surface area contributed by atoms with Crippen molar-refractivity contribution in [2.75, 3.05) is 0 Å². The zero-order valence-corrected chi connectivity index (χ0v) is 10.6. The van der Waals surface area contributed by atoms with Gasteiger partial charge in [-0.05, 0) is 31.9 Å². The van der Waals surface area contributed by atoms with Gasteiger partial charge in [-0.1, -0.05) is 0 Å². The van der Waals surface area contributed by atoms with Crippen LogP contribution in [0.4, 0.5) is 0 Å². The summed E-state index contributed by atoms with van der Waals surface area (Å²) < 4.78 is 3.42. The smallest absolute Gasteiger partial charge is 0.170 e. The Labute approximate surface area is 96.2 Å². The molecule has 2 rings (SSSR count). The maximum Gasteiger partial charge on any atom is 0.170 e. The number of rotatable bonds is 0. The molecule has 0 atom stereocenters. The van der Waals surface area contributed by atoms with E-state index in [0.29, 0.717) is 0 Å². The van der Waals surface area contributed by atoms with Crippen molar-refractivity contribution in [3.8, 4) is 0 Å². The minimum Gasteiger partial charge on any atom is -0.302 e. The normalized spacial score (nSPS) is 9.83. The molecule has 0 saturated heterocycles. The first-order valence-electron chi connectivity index (χ1n) is 2.92. The summed E-state index contributed by atoms with van der Waals surface area (Å²) >= 11 is 6.58. The largest absolute Gasteiger partial charge is 0.302 e. The molecule has 2 aromatic rings. The molecule has 0 spiro atoms. The second kappa shape index (κ2) is 3.85. The van der Waals surface area contributed by atoms with Crippen molar-refractivity contribution in [1.29, 1.82) is 0 Å². The zero-order chi connectivity index (χ0) is 7.84. The lowest BCUT2D eigenvalue weighted by Crippen LogP contribution is -1.88. The molecule has 64 valence electrons. The fourth-order valence-electron chi connectivity index (χ4n) is 0.864. The van der Waals surface area contributed by atoms with Gasteiger partial charge in [0.25, 0.3) is 0 Å². The third-order valence-electron chi connectivity index (χ3n) is 1.30. The average molecular weight is 358 g/mol. The van der Waals surface area contributed by atoms with Crippen molar-refractivity contribution in [2.24, 2.45) is 0 Å². The summed E-state index contributed by atoms with van der Waals surface area (Å²) in [6.07, 6.45) is 5.45. The minimum absolute atomic E-state index is 0. The van der Waals surface area contributed by atoms with Crippen LogP contribution in [0.15, 0.2) is 27.8 Å². The van der Waals surface area contributed by atoms with Gasteiger partial charge in [0.15, 0.2) is 10.3 Å². The van der Waals surface area contributed by atoms with E-state index in [9.17, 15) is 0 Å². The van der Waals surface area contributed by atoms with E-state index in [4.69, 9.17) is 0 Å². The summed E-state index contributed by atoms with van der Waals surface area (Å²) in [5.41, 5.74) is 0.827. The lowest BCUT2D eigenvalue weighted by Gasteiger charge is -1.95. The first-order valence-corrected chi connectivity index (χ1v) is 4.50. The molecule has 2 heterocycles. The van der Waals surface area contributed by atoms with E-state index < -0.39 is 0 Å². The lowest BCUT2D eigenvalue weighted by molar-refractivity contribution is 1.08. The van der Waals surface area contributed by atoms with E-state index in [-0.39, 0.29) is 17.0 Å². The molecular weight excluding hydrogens is 354 g/mol. The molecule has 0 N–H and O–H groups in total. The van der Waals surface area contributed by atoms with Crippen LogP contribution in [0.2, 0.25) is 0 Å². The van der Waals surface area contributed by atoms with Crippen LogP contribution in [0.1, 0.15) is 0 Å². The first-order chi connectivity index (χ1) is 5.27. The highest BCUT2D eigenvalue weighted by Gasteiger charge is 2.01. The van der Waals surface area contributed by atoms with E-state index >= 15 is 0 Å². The molecule has 0 amide bonds. The summed E-state index contributed by atoms with van der Waals surface area (Å²) in [5, 5.41) is 0. The Balaban J connectivity index is 0.000000720. The predicted molar refractivity (Wildman–Crippen MR) is 58.7 cm³/mol. The number of aromatic nitrogens is 3. The summed E-state index contributed by atoms with van der Waals surface area (Å²) in [7, 11) is 0. The van der Waals surface area contributed by atoms with Gasteiger partial charge in [0.1, 0.15) is 4.60 Å². The Kier molecular flexibility index (Phi) is 3.25. The van der Waals surface area contributed by atoms with Gasteiger partial charge in [-0.3, -0.25) is 0 Å². The van der Waals surface area contributed by atoms with Crippen molar-refractivity contribution in [2.45, 2.75) is 0 Å². The van der Waals surface area contributed by atoms with Gasteiger partial charge in [0, 0.05) is 18.6 Å². The number of hydrogen-bond donors (Lipinski definition) is 0. The van der Waals surface area contributed by atoms with Gasteiger partial charge in [0.05, 0.1) is 0 Å². The molecule has 0 aromatic carbocycles. The molecule has 0 aliphatic carbocycles. The fraction of sp³-hybridized carbons (Fsp3) is 0. The molecule has 12 heavy (non-hydrogen) atoms. The van der Waals surface area contributed by atoms with Crippen molar-refractivity contribution in [1.82, 2.24) is 14.4 Å². The monoisotopic (exact) mass is 355 g/mol. The molecule has 0 fully saturated rings. The Morgan fingerprint density at radius 3 is 2.83 bits per heavy atom. The Morgan fingerprint density at radius 1 is 1.33 bits per heavy atom. The van der Waals surface area contributed by atoms with Gasteiger partial charge in [0.2, 0.25) is 0 Å². The predicted octanol–water partition coefficient (Wildman–Crippen LogP) is 2.83. The van der Waals surface area contributed by atoms with Gasteiger partial charge in [-0.2, -0.15) is 0 Å². The highest BCUT2D eigenvalue weighted by molar-refractivity contribution is 9.11. The maximum atomic E-state index is 4.12. The number of fused-ring (bicyclic) bond motifs is 1. The number of imidazole rings is 1. The Bertz CT molecular complexity index is 398. The minimum atomic E-state index is 0. The summed E-state index contributed by atoms with van der Waals surface area (Å²) in [5.74, 6) is 0. The molecule has 0 aliphatic rings. The quantitative estimate of drug-likeness (QED) is 0.725. The van der Waals surface area contributed by atoms with Crippen LogP contribution in [0.25, 0.3) is 5.65 Å². The third-order valence-corrected chi connectivity index (χ3v) is 2.22. The summed E-state index contributed by atoms with van der Waals surface area (Å²) in [6.45, 7) is 0. The van der Waals surface area contributed by atoms with Crippen LogP contribution in [-0.4, -0.2) is 14.4 Å². The Morgan fingerprint density at radius 2 is 2.08 bits per heavy atom. The van der Waals surface area contributed by atoms with Gasteiger partial charge >= 0.3 is 0 Å². The molecule has 0 bridgehead atoms. The van der Waals surface area contributed by atoms with Gasteiger partial charge in [-0.15, -0.1) is 17.0 Å². The second-order valence-corrected chi connectivity index (χ2v) is 3.58. The zero-order valence-electron chi connectivity index (χ0n) is 5.74. The van der Waals surface area contributed by atoms with Crippen LogP contribution >= 0.6 is 48.8 Å². The molecule has 0 aliphatic heterocycles. The first kappa shape index (κ1) is 10.1. The van der Waals surface area contributed by atoms with Crippen LogP contribution in [0.3, 0.4) is 0 Å². The molecule has 3 nitrogen and oxygen atoms in total. The molecular formula is C6H4Br3N3. The topological polar surface area (TPSA) is 30.2 Å².